The van der Waals surface area contributed by atoms with Crippen LogP contribution in [-0.4, -0.2) is 0 Å². The second kappa shape index (κ2) is 15.3. The van der Waals surface area contributed by atoms with Gasteiger partial charge in [0, 0.05) is 20.2 Å². The van der Waals surface area contributed by atoms with E-state index in [0.717, 1.165) is 0 Å². The third-order valence-electron chi connectivity index (χ3n) is 13.4. The minimum absolute atomic E-state index is 1.22. The highest BCUT2D eigenvalue weighted by Crippen LogP contribution is 2.50. The first-order chi connectivity index (χ1) is 32.3. The quantitative estimate of drug-likeness (QED) is 0.146. The van der Waals surface area contributed by atoms with Gasteiger partial charge in [-0.2, -0.15) is 0 Å². The standard InChI is InChI=1S/C64H40S/c1-3-18-41(19-4-1)43-22-15-24-45(38-43)60-48-26-7-9-28-50(48)62(51-29-10-8-27-49(51)60)47-36-37-56-59(40-47)65-58-35-17-34-57(64(56)58)63-54-32-13-11-30-52(54)61(53-31-12-14-33-55(53)63)46-25-16-23-44(39-46)42-20-5-2-6-21-42/h1-40H. The van der Waals surface area contributed by atoms with Gasteiger partial charge >= 0.3 is 0 Å². The molecule has 1 heteroatoms. The highest BCUT2D eigenvalue weighted by molar-refractivity contribution is 7.26. The highest BCUT2D eigenvalue weighted by atomic mass is 32.1. The van der Waals surface area contributed by atoms with Crippen LogP contribution in [0.2, 0.25) is 0 Å². The molecule has 0 aliphatic rings. The number of hydrogen-bond acceptors (Lipinski definition) is 1. The molecule has 302 valence electrons. The lowest BCUT2D eigenvalue weighted by atomic mass is 9.84. The van der Waals surface area contributed by atoms with Crippen molar-refractivity contribution in [2.45, 2.75) is 0 Å². The lowest BCUT2D eigenvalue weighted by Crippen LogP contribution is -1.92. The van der Waals surface area contributed by atoms with Crippen LogP contribution in [0.15, 0.2) is 243 Å². The third kappa shape index (κ3) is 6.12. The number of rotatable bonds is 6. The maximum atomic E-state index is 2.45. The Bertz CT molecular complexity index is 3870. The minimum Gasteiger partial charge on any atom is -0.135 e. The summed E-state index contributed by atoms with van der Waals surface area (Å²) in [5.41, 5.74) is 15.0. The third-order valence-corrected chi connectivity index (χ3v) is 14.6. The Kier molecular flexibility index (Phi) is 8.82. The summed E-state index contributed by atoms with van der Waals surface area (Å²) in [5, 5.41) is 12.7. The predicted molar refractivity (Wildman–Crippen MR) is 282 cm³/mol. The second-order valence-corrected chi connectivity index (χ2v) is 18.2. The zero-order chi connectivity index (χ0) is 42.8. The van der Waals surface area contributed by atoms with Crippen molar-refractivity contribution >= 4 is 74.6 Å². The Labute approximate surface area is 382 Å². The topological polar surface area (TPSA) is 0 Å². The maximum Gasteiger partial charge on any atom is 0.0361 e. The normalized spacial score (nSPS) is 11.7. The van der Waals surface area contributed by atoms with E-state index in [1.54, 1.807) is 0 Å². The summed E-state index contributed by atoms with van der Waals surface area (Å²) in [5.74, 6) is 0. The molecular weight excluding hydrogens is 801 g/mol. The van der Waals surface area contributed by atoms with Crippen LogP contribution in [0.1, 0.15) is 0 Å². The van der Waals surface area contributed by atoms with Gasteiger partial charge in [0.15, 0.2) is 0 Å². The molecule has 0 aliphatic carbocycles. The molecular formula is C64H40S. The summed E-state index contributed by atoms with van der Waals surface area (Å²) < 4.78 is 2.59. The average molecular weight is 841 g/mol. The fourth-order valence-corrected chi connectivity index (χ4v) is 11.8. The molecule has 0 saturated carbocycles. The van der Waals surface area contributed by atoms with Crippen LogP contribution in [0, 0.1) is 0 Å². The van der Waals surface area contributed by atoms with E-state index < -0.39 is 0 Å². The van der Waals surface area contributed by atoms with E-state index in [9.17, 15) is 0 Å². The Morgan fingerprint density at radius 1 is 0.200 bits per heavy atom. The Morgan fingerprint density at radius 2 is 0.554 bits per heavy atom. The van der Waals surface area contributed by atoms with Gasteiger partial charge in [0.1, 0.15) is 0 Å². The Balaban J connectivity index is 1.01. The first kappa shape index (κ1) is 37.5. The largest absolute Gasteiger partial charge is 0.135 e. The van der Waals surface area contributed by atoms with Crippen molar-refractivity contribution in [3.63, 3.8) is 0 Å². The van der Waals surface area contributed by atoms with E-state index in [-0.39, 0.29) is 0 Å². The lowest BCUT2D eigenvalue weighted by Gasteiger charge is -2.19. The molecule has 65 heavy (non-hydrogen) atoms. The van der Waals surface area contributed by atoms with Crippen molar-refractivity contribution in [1.82, 2.24) is 0 Å². The van der Waals surface area contributed by atoms with Gasteiger partial charge in [-0.05, 0) is 134 Å². The van der Waals surface area contributed by atoms with Gasteiger partial charge in [-0.25, -0.2) is 0 Å². The van der Waals surface area contributed by atoms with Gasteiger partial charge in [-0.1, -0.05) is 218 Å². The van der Waals surface area contributed by atoms with Crippen molar-refractivity contribution in [3.8, 4) is 66.8 Å². The molecule has 12 aromatic carbocycles. The minimum atomic E-state index is 1.22. The van der Waals surface area contributed by atoms with E-state index in [1.165, 1.54) is 130 Å². The molecule has 13 rings (SSSR count). The summed E-state index contributed by atoms with van der Waals surface area (Å²) in [6, 6.07) is 89.6. The molecule has 0 nitrogen and oxygen atoms in total. The van der Waals surface area contributed by atoms with Crippen molar-refractivity contribution in [1.29, 1.82) is 0 Å². The van der Waals surface area contributed by atoms with Crippen molar-refractivity contribution in [2.24, 2.45) is 0 Å². The number of benzene rings is 12. The number of thiophene rings is 1. The van der Waals surface area contributed by atoms with E-state index >= 15 is 0 Å². The molecule has 1 heterocycles. The molecule has 0 amide bonds. The molecule has 13 aromatic rings. The highest BCUT2D eigenvalue weighted by Gasteiger charge is 2.22. The van der Waals surface area contributed by atoms with Crippen LogP contribution in [0.25, 0.3) is 130 Å². The summed E-state index contributed by atoms with van der Waals surface area (Å²) >= 11 is 1.90. The smallest absolute Gasteiger partial charge is 0.0361 e. The lowest BCUT2D eigenvalue weighted by molar-refractivity contribution is 1.61. The van der Waals surface area contributed by atoms with Gasteiger partial charge in [0.25, 0.3) is 0 Å². The van der Waals surface area contributed by atoms with Gasteiger partial charge in [0.05, 0.1) is 0 Å². The summed E-state index contributed by atoms with van der Waals surface area (Å²) in [6.45, 7) is 0. The van der Waals surface area contributed by atoms with Gasteiger partial charge < -0.3 is 0 Å². The predicted octanol–water partition coefficient (Wildman–Crippen LogP) is 18.7. The monoisotopic (exact) mass is 840 g/mol. The van der Waals surface area contributed by atoms with E-state index in [4.69, 9.17) is 0 Å². The first-order valence-corrected chi connectivity index (χ1v) is 23.2. The van der Waals surface area contributed by atoms with Crippen LogP contribution in [-0.2, 0) is 0 Å². The van der Waals surface area contributed by atoms with E-state index in [1.807, 2.05) is 11.3 Å². The zero-order valence-electron chi connectivity index (χ0n) is 35.5. The Morgan fingerprint density at radius 3 is 1.00 bits per heavy atom. The SMILES string of the molecule is c1ccc(-c2cccc(-c3c4ccccc4c(-c4ccc5c(c4)sc4cccc(-c6c7ccccc7c(-c7cccc(-c8ccccc8)c7)c7ccccc67)c45)c4ccccc34)c2)cc1. The number of fused-ring (bicyclic) bond motifs is 7. The fraction of sp³-hybridized carbons (Fsp3) is 0. The van der Waals surface area contributed by atoms with E-state index in [0.29, 0.717) is 0 Å². The maximum absolute atomic E-state index is 2.45. The molecule has 0 atom stereocenters. The summed E-state index contributed by atoms with van der Waals surface area (Å²) in [7, 11) is 0. The van der Waals surface area contributed by atoms with Crippen molar-refractivity contribution < 1.29 is 0 Å². The molecule has 0 radical (unpaired) electrons. The van der Waals surface area contributed by atoms with Crippen LogP contribution < -0.4 is 0 Å². The van der Waals surface area contributed by atoms with Gasteiger partial charge in [-0.15, -0.1) is 11.3 Å². The van der Waals surface area contributed by atoms with Crippen LogP contribution in [0.4, 0.5) is 0 Å². The average Bonchev–Trinajstić information content (AvgIpc) is 3.76. The van der Waals surface area contributed by atoms with E-state index in [2.05, 4.69) is 243 Å². The molecule has 0 fully saturated rings. The van der Waals surface area contributed by atoms with Gasteiger partial charge in [-0.3, -0.25) is 0 Å². The van der Waals surface area contributed by atoms with Crippen molar-refractivity contribution in [3.05, 3.63) is 243 Å². The molecule has 0 aliphatic heterocycles. The summed E-state index contributed by atoms with van der Waals surface area (Å²) in [6.07, 6.45) is 0. The molecule has 0 bridgehead atoms. The number of hydrogen-bond donors (Lipinski definition) is 0. The summed E-state index contributed by atoms with van der Waals surface area (Å²) in [4.78, 5) is 0. The molecule has 0 N–H and O–H groups in total. The Hall–Kier alpha value is -8.10. The molecule has 0 saturated heterocycles. The van der Waals surface area contributed by atoms with Gasteiger partial charge in [0.2, 0.25) is 0 Å². The fourth-order valence-electron chi connectivity index (χ4n) is 10.6. The molecule has 0 spiro atoms. The molecule has 0 unspecified atom stereocenters. The first-order valence-electron chi connectivity index (χ1n) is 22.4. The van der Waals surface area contributed by atoms with Crippen LogP contribution >= 0.6 is 11.3 Å². The van der Waals surface area contributed by atoms with Crippen molar-refractivity contribution in [2.75, 3.05) is 0 Å². The zero-order valence-corrected chi connectivity index (χ0v) is 36.3. The van der Waals surface area contributed by atoms with Crippen LogP contribution in [0.5, 0.6) is 0 Å². The second-order valence-electron chi connectivity index (χ2n) is 17.1. The van der Waals surface area contributed by atoms with Crippen LogP contribution in [0.3, 0.4) is 0 Å². The molecule has 1 aromatic heterocycles.